The molecule has 0 fully saturated rings. The molecule has 6 heavy (non-hydrogen) atoms. The Morgan fingerprint density at radius 1 is 0.333 bits per heavy atom. The SMILES string of the molecule is Cl.Cl.Cl.Cl.[Se].[Se]. The van der Waals surface area contributed by atoms with Gasteiger partial charge in [-0.3, -0.25) is 0 Å². The zero-order chi connectivity index (χ0) is 0. The molecular formula is H4Cl4Se2. The number of rotatable bonds is 0. The molecule has 0 N–H and O–H groups in total. The average Bonchev–Trinajstić information content (AvgIpc) is 0. The topological polar surface area (TPSA) is 0 Å². The van der Waals surface area contributed by atoms with Crippen LogP contribution in [0.25, 0.3) is 0 Å². The van der Waals surface area contributed by atoms with Gasteiger partial charge in [-0.1, -0.05) is 0 Å². The van der Waals surface area contributed by atoms with E-state index in [4.69, 9.17) is 0 Å². The maximum absolute atomic E-state index is 0. The van der Waals surface area contributed by atoms with E-state index in [-0.39, 0.29) is 83.8 Å². The molecule has 0 unspecified atom stereocenters. The monoisotopic (exact) mass is 304 g/mol. The molecule has 0 spiro atoms. The molecule has 0 heterocycles. The first-order valence-electron chi connectivity index (χ1n) is 0. The molecule has 0 amide bonds. The van der Waals surface area contributed by atoms with Crippen molar-refractivity contribution >= 4 is 83.8 Å². The van der Waals surface area contributed by atoms with Crippen molar-refractivity contribution in [3.05, 3.63) is 0 Å². The first kappa shape index (κ1) is 87.9. The summed E-state index contributed by atoms with van der Waals surface area (Å²) < 4.78 is 0. The van der Waals surface area contributed by atoms with Crippen molar-refractivity contribution in [1.29, 1.82) is 0 Å². The number of hydrogen-bond donors (Lipinski definition) is 0. The summed E-state index contributed by atoms with van der Waals surface area (Å²) >= 11 is 0. The van der Waals surface area contributed by atoms with Crippen LogP contribution in [-0.2, 0) is 0 Å². The van der Waals surface area contributed by atoms with E-state index in [0.29, 0.717) is 0 Å². The molecule has 4 radical (unpaired) electrons. The minimum atomic E-state index is 0. The summed E-state index contributed by atoms with van der Waals surface area (Å²) in [4.78, 5) is 0. The van der Waals surface area contributed by atoms with Crippen LogP contribution in [0.5, 0.6) is 0 Å². The summed E-state index contributed by atoms with van der Waals surface area (Å²) in [5, 5.41) is 0. The van der Waals surface area contributed by atoms with Crippen LogP contribution in [0.2, 0.25) is 0 Å². The third-order valence-electron chi connectivity index (χ3n) is 0. The first-order chi connectivity index (χ1) is 0. The summed E-state index contributed by atoms with van der Waals surface area (Å²) in [7, 11) is 0. The summed E-state index contributed by atoms with van der Waals surface area (Å²) in [5.74, 6) is 0. The van der Waals surface area contributed by atoms with Gasteiger partial charge in [0.2, 0.25) is 0 Å². The van der Waals surface area contributed by atoms with Gasteiger partial charge >= 0.3 is 0 Å². The molecule has 0 bridgehead atoms. The van der Waals surface area contributed by atoms with Crippen molar-refractivity contribution < 1.29 is 0 Å². The normalized spacial score (nSPS) is 0. The van der Waals surface area contributed by atoms with Crippen LogP contribution in [0.15, 0.2) is 0 Å². The van der Waals surface area contributed by atoms with Gasteiger partial charge in [0.1, 0.15) is 0 Å². The van der Waals surface area contributed by atoms with E-state index in [1.165, 1.54) is 0 Å². The van der Waals surface area contributed by atoms with E-state index >= 15 is 0 Å². The van der Waals surface area contributed by atoms with Crippen LogP contribution in [0.1, 0.15) is 0 Å². The predicted octanol–water partition coefficient (Wildman–Crippen LogP) is 0.926. The molecule has 0 aliphatic rings. The van der Waals surface area contributed by atoms with Gasteiger partial charge in [-0.2, -0.15) is 0 Å². The fourth-order valence-electron chi connectivity index (χ4n) is 0. The van der Waals surface area contributed by atoms with Crippen molar-refractivity contribution in [2.24, 2.45) is 0 Å². The van der Waals surface area contributed by atoms with E-state index in [0.717, 1.165) is 0 Å². The molecule has 0 aliphatic heterocycles. The Morgan fingerprint density at radius 2 is 0.333 bits per heavy atom. The van der Waals surface area contributed by atoms with Gasteiger partial charge in [0.25, 0.3) is 0 Å². The van der Waals surface area contributed by atoms with Crippen LogP contribution in [0.4, 0.5) is 0 Å². The molecule has 0 saturated heterocycles. The fourth-order valence-corrected chi connectivity index (χ4v) is 0. The quantitative estimate of drug-likeness (QED) is 0.584. The molecule has 6 heteroatoms. The summed E-state index contributed by atoms with van der Waals surface area (Å²) in [5.41, 5.74) is 0. The van der Waals surface area contributed by atoms with Gasteiger partial charge in [0.15, 0.2) is 0 Å². The van der Waals surface area contributed by atoms with Crippen LogP contribution in [0, 0.1) is 0 Å². The smallest absolute Gasteiger partial charge is 0 e. The largest absolute Gasteiger partial charge is 0.147 e. The van der Waals surface area contributed by atoms with Gasteiger partial charge in [0.05, 0.1) is 0 Å². The molecule has 0 atom stereocenters. The molecule has 0 nitrogen and oxygen atoms in total. The molecule has 0 aliphatic carbocycles. The fraction of sp³-hybridized carbons (Fsp3) is 0. The number of halogens is 4. The van der Waals surface area contributed by atoms with Crippen molar-refractivity contribution in [2.75, 3.05) is 0 Å². The van der Waals surface area contributed by atoms with Crippen LogP contribution in [0.3, 0.4) is 0 Å². The van der Waals surface area contributed by atoms with Gasteiger partial charge in [-0.05, 0) is 0 Å². The minimum Gasteiger partial charge on any atom is -0.147 e. The summed E-state index contributed by atoms with van der Waals surface area (Å²) in [6.45, 7) is 0. The first-order valence-corrected chi connectivity index (χ1v) is 0. The molecule has 0 aromatic heterocycles. The van der Waals surface area contributed by atoms with Gasteiger partial charge in [0, 0.05) is 34.1 Å². The zero-order valence-electron chi connectivity index (χ0n) is 2.45. The van der Waals surface area contributed by atoms with Crippen molar-refractivity contribution in [3.8, 4) is 0 Å². The second-order valence-electron chi connectivity index (χ2n) is 0. The van der Waals surface area contributed by atoms with E-state index in [1.54, 1.807) is 0 Å². The van der Waals surface area contributed by atoms with Crippen LogP contribution in [-0.4, -0.2) is 34.1 Å². The van der Waals surface area contributed by atoms with Crippen molar-refractivity contribution in [3.63, 3.8) is 0 Å². The Hall–Kier alpha value is 2.20. The van der Waals surface area contributed by atoms with Crippen molar-refractivity contribution in [2.45, 2.75) is 0 Å². The molecule has 0 rings (SSSR count). The second-order valence-corrected chi connectivity index (χ2v) is 0. The third-order valence-corrected chi connectivity index (χ3v) is 0. The Bertz CT molecular complexity index is 5.51. The summed E-state index contributed by atoms with van der Waals surface area (Å²) in [6, 6.07) is 0. The standard InChI is InChI=1S/4ClH.2Se/h4*1H;;. The maximum Gasteiger partial charge on any atom is 0 e. The van der Waals surface area contributed by atoms with E-state index < -0.39 is 0 Å². The predicted molar refractivity (Wildman–Crippen MR) is 40.5 cm³/mol. The second kappa shape index (κ2) is 57.2. The summed E-state index contributed by atoms with van der Waals surface area (Å²) in [6.07, 6.45) is 0. The Balaban J connectivity index is 0. The molecule has 44 valence electrons. The minimum absolute atomic E-state index is 0. The van der Waals surface area contributed by atoms with Gasteiger partial charge in [-0.15, -0.1) is 49.6 Å². The van der Waals surface area contributed by atoms with Crippen LogP contribution >= 0.6 is 49.6 Å². The van der Waals surface area contributed by atoms with Gasteiger partial charge < -0.3 is 0 Å². The third kappa shape index (κ3) is 34.7. The maximum atomic E-state index is 0. The molecule has 0 saturated carbocycles. The van der Waals surface area contributed by atoms with Crippen LogP contribution < -0.4 is 0 Å². The molecular weight excluding hydrogens is 300 g/mol. The number of hydrogen-bond acceptors (Lipinski definition) is 0. The molecule has 0 aromatic carbocycles. The van der Waals surface area contributed by atoms with E-state index in [1.807, 2.05) is 0 Å². The van der Waals surface area contributed by atoms with E-state index in [2.05, 4.69) is 0 Å². The van der Waals surface area contributed by atoms with Gasteiger partial charge in [-0.25, -0.2) is 0 Å². The Labute approximate surface area is 83.2 Å². The molecule has 0 aromatic rings. The zero-order valence-corrected chi connectivity index (χ0v) is 9.14. The van der Waals surface area contributed by atoms with Crippen molar-refractivity contribution in [1.82, 2.24) is 0 Å². The Kier molecular flexibility index (Phi) is 838. The average molecular weight is 304 g/mol. The van der Waals surface area contributed by atoms with E-state index in [9.17, 15) is 0 Å². The Morgan fingerprint density at radius 3 is 0.333 bits per heavy atom.